The van der Waals surface area contributed by atoms with Gasteiger partial charge in [-0.1, -0.05) is 33.7 Å². The molecule has 0 amide bonds. The van der Waals surface area contributed by atoms with Crippen molar-refractivity contribution < 1.29 is 4.63 Å². The lowest BCUT2D eigenvalue weighted by molar-refractivity contribution is 0.315. The third kappa shape index (κ3) is 3.65. The van der Waals surface area contributed by atoms with Gasteiger partial charge < -0.3 is 0 Å². The average Bonchev–Trinajstić information content (AvgIpc) is 3.22. The minimum atomic E-state index is 0.804. The minimum Gasteiger partial charge on any atom is -0.245 e. The number of hydrogen-bond donors (Lipinski definition) is 0. The molecule has 0 bridgehead atoms. The Kier molecular flexibility index (Phi) is 4.74. The maximum atomic E-state index is 4.72. The highest BCUT2D eigenvalue weighted by atomic mass is 33.5. The van der Waals surface area contributed by atoms with Crippen LogP contribution in [0.4, 0.5) is 0 Å². The van der Waals surface area contributed by atoms with E-state index in [2.05, 4.69) is 39.6 Å². The molecule has 0 aliphatic rings. The van der Waals surface area contributed by atoms with E-state index in [1.54, 1.807) is 11.3 Å². The SMILES string of the molecule is c1nc2cc(CSSSCc3ccc4nonc4c3)ccc2s1. The van der Waals surface area contributed by atoms with E-state index in [-0.39, 0.29) is 0 Å². The van der Waals surface area contributed by atoms with E-state index in [1.165, 1.54) is 15.8 Å². The van der Waals surface area contributed by atoms with Crippen molar-refractivity contribution in [1.82, 2.24) is 15.3 Å². The second-order valence-electron chi connectivity index (χ2n) is 4.83. The van der Waals surface area contributed by atoms with Crippen molar-refractivity contribution in [2.24, 2.45) is 0 Å². The standard InChI is InChI=1S/C15H11N3OS4/c1-3-12-13(18-19-17-12)5-10(1)7-21-23-22-8-11-2-4-15-14(6-11)16-9-20-15/h1-6,9H,7-8H2. The van der Waals surface area contributed by atoms with Gasteiger partial charge in [0, 0.05) is 11.5 Å². The van der Waals surface area contributed by atoms with E-state index in [9.17, 15) is 0 Å². The van der Waals surface area contributed by atoms with Crippen molar-refractivity contribution in [3.05, 3.63) is 53.0 Å². The summed E-state index contributed by atoms with van der Waals surface area (Å²) in [6, 6.07) is 12.6. The van der Waals surface area contributed by atoms with Crippen LogP contribution in [0.2, 0.25) is 0 Å². The van der Waals surface area contributed by atoms with Crippen LogP contribution in [-0.4, -0.2) is 15.3 Å². The number of benzene rings is 2. The van der Waals surface area contributed by atoms with Gasteiger partial charge in [0.15, 0.2) is 0 Å². The number of thiazole rings is 1. The molecule has 4 aromatic rings. The smallest absolute Gasteiger partial charge is 0.135 e. The van der Waals surface area contributed by atoms with Gasteiger partial charge in [0.1, 0.15) is 11.0 Å². The first kappa shape index (κ1) is 15.3. The van der Waals surface area contributed by atoms with E-state index >= 15 is 0 Å². The second kappa shape index (κ2) is 7.12. The number of aromatic nitrogens is 3. The summed E-state index contributed by atoms with van der Waals surface area (Å²) >= 11 is 1.68. The topological polar surface area (TPSA) is 51.8 Å². The fraction of sp³-hybridized carbons (Fsp3) is 0.133. The Labute approximate surface area is 148 Å². The zero-order chi connectivity index (χ0) is 15.5. The lowest BCUT2D eigenvalue weighted by atomic mass is 10.2. The molecule has 0 atom stereocenters. The van der Waals surface area contributed by atoms with Crippen LogP contribution in [0.1, 0.15) is 11.1 Å². The zero-order valence-corrected chi connectivity index (χ0v) is 15.1. The number of nitrogens with zero attached hydrogens (tertiary/aromatic N) is 3. The molecule has 2 heterocycles. The van der Waals surface area contributed by atoms with Crippen LogP contribution < -0.4 is 0 Å². The van der Waals surface area contributed by atoms with Gasteiger partial charge >= 0.3 is 0 Å². The van der Waals surface area contributed by atoms with E-state index in [0.29, 0.717) is 0 Å². The second-order valence-corrected chi connectivity index (χ2v) is 9.95. The van der Waals surface area contributed by atoms with Crippen LogP contribution in [0.3, 0.4) is 0 Å². The lowest BCUT2D eigenvalue weighted by Crippen LogP contribution is -1.79. The Bertz CT molecular complexity index is 860. The highest BCUT2D eigenvalue weighted by molar-refractivity contribution is 9.09. The highest BCUT2D eigenvalue weighted by Crippen LogP contribution is 2.39. The molecule has 4 nitrogen and oxygen atoms in total. The van der Waals surface area contributed by atoms with Crippen LogP contribution in [0.5, 0.6) is 0 Å². The molecule has 23 heavy (non-hydrogen) atoms. The van der Waals surface area contributed by atoms with Gasteiger partial charge in [0.25, 0.3) is 0 Å². The van der Waals surface area contributed by atoms with Gasteiger partial charge in [0.05, 0.1) is 15.7 Å². The van der Waals surface area contributed by atoms with Crippen molar-refractivity contribution in [2.45, 2.75) is 11.5 Å². The van der Waals surface area contributed by atoms with Gasteiger partial charge in [-0.2, -0.15) is 0 Å². The van der Waals surface area contributed by atoms with E-state index in [1.807, 2.05) is 49.1 Å². The molecule has 0 spiro atoms. The molecule has 0 N–H and O–H groups in total. The van der Waals surface area contributed by atoms with Crippen molar-refractivity contribution in [3.63, 3.8) is 0 Å². The molecule has 2 aromatic carbocycles. The van der Waals surface area contributed by atoms with Gasteiger partial charge in [-0.15, -0.1) is 11.3 Å². The zero-order valence-electron chi connectivity index (χ0n) is 11.8. The molecule has 4 rings (SSSR count). The Morgan fingerprint density at radius 1 is 0.870 bits per heavy atom. The summed E-state index contributed by atoms with van der Waals surface area (Å²) in [4.78, 5) is 4.36. The average molecular weight is 378 g/mol. The normalized spacial score (nSPS) is 11.5. The minimum absolute atomic E-state index is 0.804. The first-order valence-corrected chi connectivity index (χ1v) is 11.5. The quantitative estimate of drug-likeness (QED) is 0.322. The molecule has 116 valence electrons. The first-order chi connectivity index (χ1) is 11.4. The number of fused-ring (bicyclic) bond motifs is 2. The molecular weight excluding hydrogens is 366 g/mol. The molecule has 2 aromatic heterocycles. The number of rotatable bonds is 6. The molecule has 0 unspecified atom stereocenters. The highest BCUT2D eigenvalue weighted by Gasteiger charge is 2.03. The Balaban J connectivity index is 1.26. The summed E-state index contributed by atoms with van der Waals surface area (Å²) in [5.74, 6) is 1.92. The molecule has 0 radical (unpaired) electrons. The predicted octanol–water partition coefficient (Wildman–Crippen LogP) is 5.56. The Hall–Kier alpha value is -1.22. The van der Waals surface area contributed by atoms with Crippen LogP contribution in [0.25, 0.3) is 21.3 Å². The largest absolute Gasteiger partial charge is 0.245 e. The first-order valence-electron chi connectivity index (χ1n) is 6.83. The summed E-state index contributed by atoms with van der Waals surface area (Å²) in [5, 5.41) is 7.69. The van der Waals surface area contributed by atoms with Gasteiger partial charge in [-0.3, -0.25) is 0 Å². The predicted molar refractivity (Wildman–Crippen MR) is 102 cm³/mol. The molecule has 0 saturated carbocycles. The van der Waals surface area contributed by atoms with Gasteiger partial charge in [-0.05, 0) is 55.5 Å². The van der Waals surface area contributed by atoms with E-state index < -0.39 is 0 Å². The number of hydrogen-bond acceptors (Lipinski definition) is 8. The van der Waals surface area contributed by atoms with Crippen molar-refractivity contribution in [2.75, 3.05) is 0 Å². The fourth-order valence-electron chi connectivity index (χ4n) is 2.13. The van der Waals surface area contributed by atoms with Crippen LogP contribution in [0.15, 0.2) is 46.5 Å². The summed E-state index contributed by atoms with van der Waals surface area (Å²) in [7, 11) is 5.49. The molecule has 0 aliphatic heterocycles. The third-order valence-corrected chi connectivity index (χ3v) is 8.18. The molecule has 0 saturated heterocycles. The Morgan fingerprint density at radius 3 is 2.48 bits per heavy atom. The van der Waals surface area contributed by atoms with Crippen molar-refractivity contribution in [3.8, 4) is 0 Å². The molecule has 8 heteroatoms. The monoisotopic (exact) mass is 377 g/mol. The van der Waals surface area contributed by atoms with Gasteiger partial charge in [-0.25, -0.2) is 9.61 Å². The lowest BCUT2D eigenvalue weighted by Gasteiger charge is -2.02. The summed E-state index contributed by atoms with van der Waals surface area (Å²) < 4.78 is 5.96. The van der Waals surface area contributed by atoms with Crippen molar-refractivity contribution >= 4 is 64.0 Å². The van der Waals surface area contributed by atoms with E-state index in [4.69, 9.17) is 4.63 Å². The van der Waals surface area contributed by atoms with Crippen molar-refractivity contribution in [1.29, 1.82) is 0 Å². The van der Waals surface area contributed by atoms with Crippen LogP contribution in [0, 0.1) is 0 Å². The fourth-order valence-corrected chi connectivity index (χ4v) is 6.37. The Morgan fingerprint density at radius 2 is 1.61 bits per heavy atom. The van der Waals surface area contributed by atoms with Crippen LogP contribution in [-0.2, 0) is 11.5 Å². The molecular formula is C15H11N3OS4. The summed E-state index contributed by atoms with van der Waals surface area (Å²) in [5.41, 5.74) is 7.16. The maximum Gasteiger partial charge on any atom is 0.135 e. The summed E-state index contributed by atoms with van der Waals surface area (Å²) in [6.07, 6.45) is 0. The van der Waals surface area contributed by atoms with Crippen LogP contribution >= 0.6 is 42.8 Å². The molecule has 0 fully saturated rings. The van der Waals surface area contributed by atoms with E-state index in [0.717, 1.165) is 28.1 Å². The van der Waals surface area contributed by atoms with Gasteiger partial charge in [0.2, 0.25) is 0 Å². The summed E-state index contributed by atoms with van der Waals surface area (Å²) in [6.45, 7) is 0. The third-order valence-electron chi connectivity index (χ3n) is 3.26. The maximum absolute atomic E-state index is 4.72. The molecule has 0 aliphatic carbocycles.